The zero-order chi connectivity index (χ0) is 24.8. The van der Waals surface area contributed by atoms with Crippen molar-refractivity contribution in [3.63, 3.8) is 0 Å². The van der Waals surface area contributed by atoms with Gasteiger partial charge in [-0.1, -0.05) is 39.9 Å². The molecule has 0 amide bonds. The van der Waals surface area contributed by atoms with Crippen LogP contribution in [0.15, 0.2) is 24.3 Å². The van der Waals surface area contributed by atoms with Gasteiger partial charge in [-0.3, -0.25) is 4.90 Å². The number of nitrogens with zero attached hydrogens (tertiary/aromatic N) is 4. The van der Waals surface area contributed by atoms with Gasteiger partial charge >= 0.3 is 0 Å². The topological polar surface area (TPSA) is 54.5 Å². The summed E-state index contributed by atoms with van der Waals surface area (Å²) in [6.07, 6.45) is 0.290. The average Bonchev–Trinajstić information content (AvgIpc) is 2.85. The summed E-state index contributed by atoms with van der Waals surface area (Å²) in [7, 11) is 0. The Morgan fingerprint density at radius 2 is 1.26 bits per heavy atom. The minimum atomic E-state index is -0.529. The van der Waals surface area contributed by atoms with Crippen molar-refractivity contribution in [2.45, 2.75) is 40.2 Å². The van der Waals surface area contributed by atoms with Gasteiger partial charge in [-0.15, -0.1) is 0 Å². The number of hydrogen-bond acceptors (Lipinski definition) is 7. The summed E-state index contributed by atoms with van der Waals surface area (Å²) >= 11 is 5.23. The fourth-order valence-corrected chi connectivity index (χ4v) is 4.25. The van der Waals surface area contributed by atoms with Crippen molar-refractivity contribution in [1.82, 2.24) is 19.6 Å². The summed E-state index contributed by atoms with van der Waals surface area (Å²) in [5.74, 6) is 0.760. The smallest absolute Gasteiger partial charge is 0.119 e. The molecule has 0 radical (unpaired) electrons. The Kier molecular flexibility index (Phi) is 14.0. The van der Waals surface area contributed by atoms with Crippen LogP contribution in [0.5, 0.6) is 5.75 Å². The van der Waals surface area contributed by atoms with E-state index in [4.69, 9.17) is 17.0 Å². The highest BCUT2D eigenvalue weighted by atomic mass is 32.1. The first-order chi connectivity index (χ1) is 16.5. The lowest BCUT2D eigenvalue weighted by molar-refractivity contribution is 0.0574. The lowest BCUT2D eigenvalue weighted by atomic mass is 10.2. The Labute approximate surface area is 213 Å². The highest BCUT2D eigenvalue weighted by molar-refractivity contribution is 7.80. The molecule has 1 unspecified atom stereocenters. The molecule has 8 heteroatoms. The number of thiocarbonyl (C=S) groups is 1. The Morgan fingerprint density at radius 1 is 0.824 bits per heavy atom. The number of hydrogen-bond donors (Lipinski definition) is 2. The largest absolute Gasteiger partial charge is 0.491 e. The third kappa shape index (κ3) is 11.0. The molecule has 0 spiro atoms. The van der Waals surface area contributed by atoms with Gasteiger partial charge in [-0.05, 0) is 50.3 Å². The minimum absolute atomic E-state index is 0.289. The second-order valence-corrected chi connectivity index (χ2v) is 9.49. The lowest BCUT2D eigenvalue weighted by Crippen LogP contribution is -2.47. The van der Waals surface area contributed by atoms with Crippen LogP contribution < -0.4 is 10.1 Å². The van der Waals surface area contributed by atoms with Crippen molar-refractivity contribution >= 4 is 22.9 Å². The van der Waals surface area contributed by atoms with E-state index >= 15 is 0 Å². The van der Waals surface area contributed by atoms with Crippen molar-refractivity contribution < 1.29 is 9.84 Å². The molecule has 1 aromatic carbocycles. The van der Waals surface area contributed by atoms with Gasteiger partial charge in [0.15, 0.2) is 0 Å². The zero-order valence-electron chi connectivity index (χ0n) is 21.8. The summed E-state index contributed by atoms with van der Waals surface area (Å²) in [4.78, 5) is 10.8. The molecule has 1 aliphatic heterocycles. The van der Waals surface area contributed by atoms with Crippen molar-refractivity contribution in [1.29, 1.82) is 0 Å². The van der Waals surface area contributed by atoms with Crippen LogP contribution in [-0.2, 0) is 0 Å². The number of aliphatic hydroxyl groups excluding tert-OH is 1. The van der Waals surface area contributed by atoms with Crippen LogP contribution in [0, 0.1) is 0 Å². The maximum atomic E-state index is 10.7. The standard InChI is InChI=1S/C26H47N5O2S/c1-5-26(34)27-23-9-11-25(12-10-23)33-22-24(32)21-31-19-17-29(7-3)15-13-28(6-2)14-16-30(8-4)18-20-31/h9-12,24,32H,5-8,13-22H2,1-4H3,(H,27,34). The van der Waals surface area contributed by atoms with Gasteiger partial charge in [-0.25, -0.2) is 0 Å². The summed E-state index contributed by atoms with van der Waals surface area (Å²) in [6, 6.07) is 7.75. The monoisotopic (exact) mass is 493 g/mol. The molecule has 0 saturated carbocycles. The predicted molar refractivity (Wildman–Crippen MR) is 147 cm³/mol. The second kappa shape index (κ2) is 16.4. The van der Waals surface area contributed by atoms with E-state index in [-0.39, 0.29) is 6.61 Å². The molecule has 1 fully saturated rings. The molecule has 0 aliphatic carbocycles. The van der Waals surface area contributed by atoms with Gasteiger partial charge in [0.2, 0.25) is 0 Å². The van der Waals surface area contributed by atoms with Gasteiger partial charge in [0.05, 0.1) is 4.99 Å². The van der Waals surface area contributed by atoms with Crippen LogP contribution in [0.25, 0.3) is 0 Å². The molecule has 1 aromatic rings. The highest BCUT2D eigenvalue weighted by Gasteiger charge is 2.17. The maximum absolute atomic E-state index is 10.7. The number of nitrogens with one attached hydrogen (secondary N) is 1. The normalized spacial score (nSPS) is 19.2. The lowest BCUT2D eigenvalue weighted by Gasteiger charge is -2.34. The average molecular weight is 494 g/mol. The molecule has 1 heterocycles. The summed E-state index contributed by atoms with van der Waals surface area (Å²) in [6.45, 7) is 21.4. The highest BCUT2D eigenvalue weighted by Crippen LogP contribution is 2.16. The van der Waals surface area contributed by atoms with Crippen molar-refractivity contribution in [2.75, 3.05) is 90.5 Å². The van der Waals surface area contributed by atoms with E-state index in [1.807, 2.05) is 31.2 Å². The molecule has 194 valence electrons. The van der Waals surface area contributed by atoms with Crippen LogP contribution >= 0.6 is 12.2 Å². The number of rotatable bonds is 10. The Balaban J connectivity index is 1.88. The number of ether oxygens (including phenoxy) is 1. The first kappa shape index (κ1) is 28.9. The molecule has 0 bridgehead atoms. The maximum Gasteiger partial charge on any atom is 0.119 e. The quantitative estimate of drug-likeness (QED) is 0.483. The van der Waals surface area contributed by atoms with Gasteiger partial charge in [-0.2, -0.15) is 0 Å². The number of benzene rings is 1. The summed E-state index contributed by atoms with van der Waals surface area (Å²) in [5.41, 5.74) is 0.960. The molecule has 34 heavy (non-hydrogen) atoms. The number of anilines is 1. The van der Waals surface area contributed by atoms with E-state index in [0.29, 0.717) is 6.54 Å². The minimum Gasteiger partial charge on any atom is -0.491 e. The fourth-order valence-electron chi connectivity index (χ4n) is 4.14. The summed E-state index contributed by atoms with van der Waals surface area (Å²) < 4.78 is 5.88. The predicted octanol–water partition coefficient (Wildman–Crippen LogP) is 2.86. The Hall–Kier alpha value is -1.29. The molecule has 1 saturated heterocycles. The van der Waals surface area contributed by atoms with E-state index in [9.17, 15) is 5.11 Å². The second-order valence-electron chi connectivity index (χ2n) is 8.99. The van der Waals surface area contributed by atoms with Crippen LogP contribution in [0.2, 0.25) is 0 Å². The molecule has 0 aromatic heterocycles. The molecule has 1 atom stereocenters. The van der Waals surface area contributed by atoms with E-state index < -0.39 is 6.10 Å². The van der Waals surface area contributed by atoms with Crippen LogP contribution in [-0.4, -0.2) is 121 Å². The summed E-state index contributed by atoms with van der Waals surface area (Å²) in [5, 5.41) is 13.9. The molecular formula is C26H47N5O2S. The molecular weight excluding hydrogens is 446 g/mol. The number of β-amino-alcohol motifs (C(OH)–C–C–N with tert-alkyl or cyclic N) is 1. The SMILES string of the molecule is CCC(=S)Nc1ccc(OCC(O)CN2CCN(CC)CCN(CC)CCN(CC)CC2)cc1. The van der Waals surface area contributed by atoms with Crippen LogP contribution in [0.4, 0.5) is 5.69 Å². The van der Waals surface area contributed by atoms with Gasteiger partial charge in [0.25, 0.3) is 0 Å². The van der Waals surface area contributed by atoms with Crippen LogP contribution in [0.1, 0.15) is 34.1 Å². The molecule has 2 rings (SSSR count). The number of aliphatic hydroxyl groups is 1. The molecule has 1 aliphatic rings. The van der Waals surface area contributed by atoms with E-state index in [0.717, 1.165) is 94.8 Å². The van der Waals surface area contributed by atoms with Crippen molar-refractivity contribution in [3.8, 4) is 5.75 Å². The van der Waals surface area contributed by atoms with Gasteiger partial charge in [0.1, 0.15) is 18.5 Å². The van der Waals surface area contributed by atoms with Gasteiger partial charge in [0, 0.05) is 64.6 Å². The zero-order valence-corrected chi connectivity index (χ0v) is 22.7. The molecule has 7 nitrogen and oxygen atoms in total. The third-order valence-corrected chi connectivity index (χ3v) is 7.03. The Bertz CT molecular complexity index is 670. The third-order valence-electron chi connectivity index (χ3n) is 6.64. The van der Waals surface area contributed by atoms with E-state index in [2.05, 4.69) is 45.7 Å². The first-order valence-corrected chi connectivity index (χ1v) is 13.5. The molecule has 2 N–H and O–H groups in total. The number of likely N-dealkylation sites (N-methyl/N-ethyl adjacent to an activating group) is 3. The van der Waals surface area contributed by atoms with Crippen LogP contribution in [0.3, 0.4) is 0 Å². The van der Waals surface area contributed by atoms with Gasteiger partial charge < -0.3 is 29.9 Å². The van der Waals surface area contributed by atoms with E-state index in [1.54, 1.807) is 0 Å². The first-order valence-electron chi connectivity index (χ1n) is 13.1. The van der Waals surface area contributed by atoms with Crippen molar-refractivity contribution in [3.05, 3.63) is 24.3 Å². The Morgan fingerprint density at radius 3 is 1.68 bits per heavy atom. The van der Waals surface area contributed by atoms with E-state index in [1.165, 1.54) is 0 Å². The van der Waals surface area contributed by atoms with Crippen molar-refractivity contribution in [2.24, 2.45) is 0 Å². The fraction of sp³-hybridized carbons (Fsp3) is 0.731.